The first-order valence-corrected chi connectivity index (χ1v) is 7.72. The van der Waals surface area contributed by atoms with Crippen molar-refractivity contribution in [2.75, 3.05) is 6.54 Å². The normalized spacial score (nSPS) is 13.8. The third-order valence-electron chi connectivity index (χ3n) is 2.97. The molecule has 0 bridgehead atoms. The van der Waals surface area contributed by atoms with Crippen LogP contribution < -0.4 is 0 Å². The number of oxime groups is 1. The molecule has 0 aliphatic carbocycles. The first kappa shape index (κ1) is 16.4. The molecule has 1 aromatic rings. The SMILES string of the molecule is C=CCC(C)N(C/C=N/O)S(=O)(=O)c1ccc(C)cc1. The molecular formula is C14H20N2O3S. The Balaban J connectivity index is 3.15. The molecule has 0 aliphatic rings. The standard InChI is InChI=1S/C14H20N2O3S/c1-4-5-13(3)16(11-10-15-17)20(18,19)14-8-6-12(2)7-9-14/h4,6-10,13,17H,1,5,11H2,2-3H3/b15-10+. The second kappa shape index (κ2) is 7.21. The second-order valence-electron chi connectivity index (χ2n) is 4.56. The molecule has 0 heterocycles. The summed E-state index contributed by atoms with van der Waals surface area (Å²) >= 11 is 0. The summed E-state index contributed by atoms with van der Waals surface area (Å²) < 4.78 is 26.5. The van der Waals surface area contributed by atoms with Crippen molar-refractivity contribution in [1.29, 1.82) is 0 Å². The van der Waals surface area contributed by atoms with Gasteiger partial charge in [-0.05, 0) is 32.4 Å². The molecule has 1 N–H and O–H groups in total. The molecule has 0 spiro atoms. The lowest BCUT2D eigenvalue weighted by Gasteiger charge is -2.26. The van der Waals surface area contributed by atoms with Gasteiger partial charge in [0, 0.05) is 6.04 Å². The lowest BCUT2D eigenvalue weighted by atomic mass is 10.2. The fraction of sp³-hybridized carbons (Fsp3) is 0.357. The zero-order valence-electron chi connectivity index (χ0n) is 11.7. The molecule has 0 aromatic heterocycles. The summed E-state index contributed by atoms with van der Waals surface area (Å²) in [5.74, 6) is 0. The minimum Gasteiger partial charge on any atom is -0.411 e. The Morgan fingerprint density at radius 2 is 2.00 bits per heavy atom. The number of rotatable bonds is 7. The highest BCUT2D eigenvalue weighted by atomic mass is 32.2. The molecule has 5 nitrogen and oxygen atoms in total. The summed E-state index contributed by atoms with van der Waals surface area (Å²) in [6.07, 6.45) is 3.34. The highest BCUT2D eigenvalue weighted by Crippen LogP contribution is 2.19. The summed E-state index contributed by atoms with van der Waals surface area (Å²) in [4.78, 5) is 0.227. The molecule has 1 atom stereocenters. The van der Waals surface area contributed by atoms with E-state index in [0.717, 1.165) is 11.8 Å². The molecule has 0 amide bonds. The highest BCUT2D eigenvalue weighted by molar-refractivity contribution is 7.89. The summed E-state index contributed by atoms with van der Waals surface area (Å²) in [5.41, 5.74) is 0.992. The van der Waals surface area contributed by atoms with E-state index in [1.54, 1.807) is 37.3 Å². The minimum absolute atomic E-state index is 0.0156. The van der Waals surface area contributed by atoms with Gasteiger partial charge in [-0.25, -0.2) is 8.42 Å². The third-order valence-corrected chi connectivity index (χ3v) is 4.96. The molecule has 0 radical (unpaired) electrons. The van der Waals surface area contributed by atoms with E-state index in [2.05, 4.69) is 11.7 Å². The Kier molecular flexibility index (Phi) is 5.91. The van der Waals surface area contributed by atoms with Crippen LogP contribution in [0.15, 0.2) is 47.0 Å². The Morgan fingerprint density at radius 3 is 2.50 bits per heavy atom. The highest BCUT2D eigenvalue weighted by Gasteiger charge is 2.27. The van der Waals surface area contributed by atoms with Gasteiger partial charge in [0.1, 0.15) is 0 Å². The predicted molar refractivity (Wildman–Crippen MR) is 79.6 cm³/mol. The third kappa shape index (κ3) is 3.91. The van der Waals surface area contributed by atoms with Gasteiger partial charge in [-0.1, -0.05) is 23.8 Å². The van der Waals surface area contributed by atoms with Crippen LogP contribution in [0.25, 0.3) is 0 Å². The number of hydrogen-bond acceptors (Lipinski definition) is 4. The van der Waals surface area contributed by atoms with Crippen molar-refractivity contribution < 1.29 is 13.6 Å². The monoisotopic (exact) mass is 296 g/mol. The Labute approximate surface area is 120 Å². The van der Waals surface area contributed by atoms with Gasteiger partial charge in [0.15, 0.2) is 0 Å². The van der Waals surface area contributed by atoms with Crippen molar-refractivity contribution in [3.8, 4) is 0 Å². The molecular weight excluding hydrogens is 276 g/mol. The first-order chi connectivity index (χ1) is 9.43. The maximum Gasteiger partial charge on any atom is 0.243 e. The van der Waals surface area contributed by atoms with Crippen LogP contribution in [0.1, 0.15) is 18.9 Å². The molecule has 6 heteroatoms. The van der Waals surface area contributed by atoms with Gasteiger partial charge >= 0.3 is 0 Å². The van der Waals surface area contributed by atoms with Crippen molar-refractivity contribution in [3.63, 3.8) is 0 Å². The van der Waals surface area contributed by atoms with Gasteiger partial charge in [-0.15, -0.1) is 11.7 Å². The fourth-order valence-corrected chi connectivity index (χ4v) is 3.41. The van der Waals surface area contributed by atoms with Crippen molar-refractivity contribution in [2.45, 2.75) is 31.2 Å². The molecule has 110 valence electrons. The van der Waals surface area contributed by atoms with Crippen LogP contribution in [-0.2, 0) is 10.0 Å². The average molecular weight is 296 g/mol. The molecule has 1 aromatic carbocycles. The number of sulfonamides is 1. The van der Waals surface area contributed by atoms with Crippen LogP contribution in [0, 0.1) is 6.92 Å². The van der Waals surface area contributed by atoms with E-state index in [0.29, 0.717) is 6.42 Å². The molecule has 20 heavy (non-hydrogen) atoms. The summed E-state index contributed by atoms with van der Waals surface area (Å²) in [6, 6.07) is 6.40. The zero-order valence-corrected chi connectivity index (χ0v) is 12.5. The average Bonchev–Trinajstić information content (AvgIpc) is 2.39. The van der Waals surface area contributed by atoms with Gasteiger partial charge in [0.05, 0.1) is 17.7 Å². The number of benzene rings is 1. The number of nitrogens with zero attached hydrogens (tertiary/aromatic N) is 2. The molecule has 0 saturated carbocycles. The molecule has 0 fully saturated rings. The van der Waals surface area contributed by atoms with Gasteiger partial charge in [0.2, 0.25) is 10.0 Å². The first-order valence-electron chi connectivity index (χ1n) is 6.28. The maximum absolute atomic E-state index is 12.6. The van der Waals surface area contributed by atoms with Crippen LogP contribution in [0.5, 0.6) is 0 Å². The summed E-state index contributed by atoms with van der Waals surface area (Å²) in [6.45, 7) is 7.33. The van der Waals surface area contributed by atoms with Crippen LogP contribution in [0.4, 0.5) is 0 Å². The van der Waals surface area contributed by atoms with Crippen LogP contribution in [0.2, 0.25) is 0 Å². The molecule has 1 unspecified atom stereocenters. The molecule has 0 saturated heterocycles. The van der Waals surface area contributed by atoms with Gasteiger partial charge in [-0.2, -0.15) is 4.31 Å². The fourth-order valence-electron chi connectivity index (χ4n) is 1.84. The van der Waals surface area contributed by atoms with E-state index in [-0.39, 0.29) is 17.5 Å². The van der Waals surface area contributed by atoms with Crippen LogP contribution >= 0.6 is 0 Å². The van der Waals surface area contributed by atoms with E-state index in [4.69, 9.17) is 5.21 Å². The van der Waals surface area contributed by atoms with Crippen LogP contribution in [-0.4, -0.2) is 36.7 Å². The summed E-state index contributed by atoms with van der Waals surface area (Å²) in [7, 11) is -3.63. The van der Waals surface area contributed by atoms with Crippen molar-refractivity contribution in [2.24, 2.45) is 5.16 Å². The smallest absolute Gasteiger partial charge is 0.243 e. The van der Waals surface area contributed by atoms with E-state index in [1.807, 2.05) is 6.92 Å². The minimum atomic E-state index is -3.63. The topological polar surface area (TPSA) is 70.0 Å². The lowest BCUT2D eigenvalue weighted by molar-refractivity contribution is 0.315. The van der Waals surface area contributed by atoms with E-state index in [1.165, 1.54) is 4.31 Å². The van der Waals surface area contributed by atoms with E-state index >= 15 is 0 Å². The molecule has 0 aliphatic heterocycles. The van der Waals surface area contributed by atoms with E-state index < -0.39 is 10.0 Å². The Morgan fingerprint density at radius 1 is 1.40 bits per heavy atom. The van der Waals surface area contributed by atoms with Crippen molar-refractivity contribution in [1.82, 2.24) is 4.31 Å². The number of aryl methyl sites for hydroxylation is 1. The zero-order chi connectivity index (χ0) is 15.2. The van der Waals surface area contributed by atoms with Gasteiger partial charge in [-0.3, -0.25) is 0 Å². The van der Waals surface area contributed by atoms with E-state index in [9.17, 15) is 8.42 Å². The lowest BCUT2D eigenvalue weighted by Crippen LogP contribution is -2.39. The second-order valence-corrected chi connectivity index (χ2v) is 6.45. The van der Waals surface area contributed by atoms with Crippen LogP contribution in [0.3, 0.4) is 0 Å². The van der Waals surface area contributed by atoms with Gasteiger partial charge in [0.25, 0.3) is 0 Å². The summed E-state index contributed by atoms with van der Waals surface area (Å²) in [5, 5.41) is 11.4. The Hall–Kier alpha value is -1.66. The molecule has 1 rings (SSSR count). The largest absolute Gasteiger partial charge is 0.411 e. The predicted octanol–water partition coefficient (Wildman–Crippen LogP) is 2.41. The van der Waals surface area contributed by atoms with Crippen molar-refractivity contribution >= 4 is 16.2 Å². The quantitative estimate of drug-likeness (QED) is 0.363. The van der Waals surface area contributed by atoms with Crippen molar-refractivity contribution in [3.05, 3.63) is 42.5 Å². The Bertz CT molecular complexity index is 565. The maximum atomic E-state index is 12.6. The number of hydrogen-bond donors (Lipinski definition) is 1. The van der Waals surface area contributed by atoms with Gasteiger partial charge < -0.3 is 5.21 Å².